The Balaban J connectivity index is 2.15. The third-order valence-electron chi connectivity index (χ3n) is 3.20. The fourth-order valence-electron chi connectivity index (χ4n) is 2.18. The van der Waals surface area contributed by atoms with E-state index < -0.39 is 0 Å². The molecular weight excluding hydrogens is 228 g/mol. The van der Waals surface area contributed by atoms with Crippen LogP contribution >= 0.6 is 0 Å². The molecule has 2 rings (SSSR count). The zero-order valence-electron chi connectivity index (χ0n) is 10.8. The molecular formula is C14H18N2O2. The lowest BCUT2D eigenvalue weighted by Crippen LogP contribution is -2.57. The van der Waals surface area contributed by atoms with Crippen molar-refractivity contribution in [2.75, 3.05) is 6.54 Å². The molecule has 1 aromatic carbocycles. The number of nitrogens with zero attached hydrogens (tertiary/aromatic N) is 1. The van der Waals surface area contributed by atoms with Crippen molar-refractivity contribution < 1.29 is 9.59 Å². The Labute approximate surface area is 107 Å². The van der Waals surface area contributed by atoms with Crippen LogP contribution < -0.4 is 5.32 Å². The summed E-state index contributed by atoms with van der Waals surface area (Å²) in [6, 6.07) is 7.66. The summed E-state index contributed by atoms with van der Waals surface area (Å²) in [6.45, 7) is 4.56. The number of carbonyl (C=O) groups is 2. The summed E-state index contributed by atoms with van der Waals surface area (Å²) >= 11 is 0. The number of carbonyl (C=O) groups excluding carboxylic acids is 2. The molecule has 18 heavy (non-hydrogen) atoms. The maximum atomic E-state index is 12.1. The quantitative estimate of drug-likeness (QED) is 0.816. The van der Waals surface area contributed by atoms with Gasteiger partial charge in [0, 0.05) is 0 Å². The zero-order chi connectivity index (χ0) is 13.1. The lowest BCUT2D eigenvalue weighted by Gasteiger charge is -2.31. The molecule has 0 radical (unpaired) electrons. The largest absolute Gasteiger partial charge is 0.297 e. The maximum absolute atomic E-state index is 12.1. The van der Waals surface area contributed by atoms with Gasteiger partial charge in [0.15, 0.2) is 0 Å². The number of benzene rings is 1. The maximum Gasteiger partial charge on any atom is 0.246 e. The number of hydrogen-bond acceptors (Lipinski definition) is 3. The van der Waals surface area contributed by atoms with E-state index in [0.29, 0.717) is 13.0 Å². The predicted octanol–water partition coefficient (Wildman–Crippen LogP) is 1.23. The van der Waals surface area contributed by atoms with Crippen molar-refractivity contribution >= 4 is 11.8 Å². The SMILES string of the molecule is CCC1NCC(=O)N(Cc2cccc(C)c2)C1=O. The standard InChI is InChI=1S/C14H18N2O2/c1-3-12-14(18)16(13(17)8-15-12)9-11-6-4-5-10(2)7-11/h4-7,12,15H,3,8-9H2,1-2H3. The van der Waals surface area contributed by atoms with Crippen molar-refractivity contribution in [3.63, 3.8) is 0 Å². The van der Waals surface area contributed by atoms with E-state index in [9.17, 15) is 9.59 Å². The number of rotatable bonds is 3. The van der Waals surface area contributed by atoms with Crippen molar-refractivity contribution in [1.82, 2.24) is 10.2 Å². The number of aryl methyl sites for hydroxylation is 1. The van der Waals surface area contributed by atoms with Gasteiger partial charge in [0.05, 0.1) is 19.1 Å². The zero-order valence-corrected chi connectivity index (χ0v) is 10.8. The average molecular weight is 246 g/mol. The fourth-order valence-corrected chi connectivity index (χ4v) is 2.18. The summed E-state index contributed by atoms with van der Waals surface area (Å²) in [6.07, 6.45) is 0.705. The summed E-state index contributed by atoms with van der Waals surface area (Å²) in [5, 5.41) is 2.95. The normalized spacial score (nSPS) is 20.3. The van der Waals surface area contributed by atoms with E-state index in [1.54, 1.807) is 0 Å². The summed E-state index contributed by atoms with van der Waals surface area (Å²) in [7, 11) is 0. The summed E-state index contributed by atoms with van der Waals surface area (Å²) in [4.78, 5) is 25.3. The monoisotopic (exact) mass is 246 g/mol. The number of hydrogen-bond donors (Lipinski definition) is 1. The van der Waals surface area contributed by atoms with Gasteiger partial charge in [-0.05, 0) is 18.9 Å². The first kappa shape index (κ1) is 12.8. The molecule has 2 amide bonds. The second kappa shape index (κ2) is 5.31. The minimum absolute atomic E-state index is 0.116. The molecule has 1 heterocycles. The van der Waals surface area contributed by atoms with Gasteiger partial charge in [-0.1, -0.05) is 36.8 Å². The van der Waals surface area contributed by atoms with Crippen LogP contribution in [0.4, 0.5) is 0 Å². The third kappa shape index (κ3) is 2.59. The van der Waals surface area contributed by atoms with E-state index in [-0.39, 0.29) is 24.4 Å². The van der Waals surface area contributed by atoms with Crippen molar-refractivity contribution in [2.24, 2.45) is 0 Å². The molecule has 96 valence electrons. The van der Waals surface area contributed by atoms with Crippen LogP contribution in [0.1, 0.15) is 24.5 Å². The molecule has 0 aliphatic carbocycles. The average Bonchev–Trinajstić information content (AvgIpc) is 2.35. The Bertz CT molecular complexity index is 471. The summed E-state index contributed by atoms with van der Waals surface area (Å²) in [5.74, 6) is -0.263. The van der Waals surface area contributed by atoms with Crippen LogP contribution in [-0.4, -0.2) is 29.3 Å². The minimum atomic E-state index is -0.229. The molecule has 1 aromatic rings. The van der Waals surface area contributed by atoms with Gasteiger partial charge in [0.2, 0.25) is 11.8 Å². The van der Waals surface area contributed by atoms with E-state index in [1.165, 1.54) is 4.90 Å². The van der Waals surface area contributed by atoms with Crippen molar-refractivity contribution in [2.45, 2.75) is 32.9 Å². The Hall–Kier alpha value is -1.68. The van der Waals surface area contributed by atoms with Crippen LogP contribution in [0, 0.1) is 6.92 Å². The molecule has 1 aliphatic heterocycles. The number of amides is 2. The second-order valence-electron chi connectivity index (χ2n) is 4.65. The summed E-state index contributed by atoms with van der Waals surface area (Å²) in [5.41, 5.74) is 2.13. The lowest BCUT2D eigenvalue weighted by molar-refractivity contribution is -0.150. The van der Waals surface area contributed by atoms with Crippen LogP contribution in [0.15, 0.2) is 24.3 Å². The van der Waals surface area contributed by atoms with Gasteiger partial charge in [-0.25, -0.2) is 0 Å². The highest BCUT2D eigenvalue weighted by atomic mass is 16.2. The number of piperazine rings is 1. The molecule has 1 fully saturated rings. The molecule has 1 saturated heterocycles. The first-order valence-electron chi connectivity index (χ1n) is 6.25. The van der Waals surface area contributed by atoms with E-state index in [4.69, 9.17) is 0 Å². The Morgan fingerprint density at radius 2 is 2.17 bits per heavy atom. The highest BCUT2D eigenvalue weighted by Crippen LogP contribution is 2.12. The van der Waals surface area contributed by atoms with E-state index >= 15 is 0 Å². The smallest absolute Gasteiger partial charge is 0.246 e. The van der Waals surface area contributed by atoms with Crippen LogP contribution in [0.5, 0.6) is 0 Å². The fraction of sp³-hybridized carbons (Fsp3) is 0.429. The van der Waals surface area contributed by atoms with E-state index in [2.05, 4.69) is 5.32 Å². The molecule has 1 unspecified atom stereocenters. The Kier molecular flexibility index (Phi) is 3.77. The van der Waals surface area contributed by atoms with Crippen LogP contribution in [0.25, 0.3) is 0 Å². The molecule has 1 N–H and O–H groups in total. The van der Waals surface area contributed by atoms with Crippen LogP contribution in [0.2, 0.25) is 0 Å². The van der Waals surface area contributed by atoms with Crippen molar-refractivity contribution in [3.05, 3.63) is 35.4 Å². The molecule has 1 atom stereocenters. The first-order chi connectivity index (χ1) is 8.61. The summed E-state index contributed by atoms with van der Waals surface area (Å²) < 4.78 is 0. The molecule has 4 heteroatoms. The highest BCUT2D eigenvalue weighted by molar-refractivity contribution is 6.01. The van der Waals surface area contributed by atoms with Crippen LogP contribution in [0.3, 0.4) is 0 Å². The molecule has 0 aromatic heterocycles. The molecule has 0 saturated carbocycles. The Morgan fingerprint density at radius 3 is 2.83 bits per heavy atom. The topological polar surface area (TPSA) is 49.4 Å². The van der Waals surface area contributed by atoms with Gasteiger partial charge in [-0.2, -0.15) is 0 Å². The minimum Gasteiger partial charge on any atom is -0.297 e. The number of nitrogens with one attached hydrogen (secondary N) is 1. The number of imide groups is 1. The second-order valence-corrected chi connectivity index (χ2v) is 4.65. The third-order valence-corrected chi connectivity index (χ3v) is 3.20. The van der Waals surface area contributed by atoms with Crippen LogP contribution in [-0.2, 0) is 16.1 Å². The molecule has 4 nitrogen and oxygen atoms in total. The Morgan fingerprint density at radius 1 is 1.39 bits per heavy atom. The van der Waals surface area contributed by atoms with Gasteiger partial charge < -0.3 is 0 Å². The first-order valence-corrected chi connectivity index (χ1v) is 6.25. The predicted molar refractivity (Wildman–Crippen MR) is 68.8 cm³/mol. The van der Waals surface area contributed by atoms with Crippen molar-refractivity contribution in [3.8, 4) is 0 Å². The molecule has 1 aliphatic rings. The van der Waals surface area contributed by atoms with Gasteiger partial charge in [-0.15, -0.1) is 0 Å². The molecule has 0 bridgehead atoms. The molecule has 0 spiro atoms. The van der Waals surface area contributed by atoms with E-state index in [1.807, 2.05) is 38.1 Å². The highest BCUT2D eigenvalue weighted by Gasteiger charge is 2.32. The van der Waals surface area contributed by atoms with Gasteiger partial charge in [0.25, 0.3) is 0 Å². The van der Waals surface area contributed by atoms with Crippen molar-refractivity contribution in [1.29, 1.82) is 0 Å². The van der Waals surface area contributed by atoms with Gasteiger partial charge in [0.1, 0.15) is 0 Å². The van der Waals surface area contributed by atoms with Gasteiger partial charge >= 0.3 is 0 Å². The van der Waals surface area contributed by atoms with Gasteiger partial charge in [-0.3, -0.25) is 19.8 Å². The lowest BCUT2D eigenvalue weighted by atomic mass is 10.1. The van der Waals surface area contributed by atoms with E-state index in [0.717, 1.165) is 11.1 Å².